The van der Waals surface area contributed by atoms with Gasteiger partial charge in [0.05, 0.1) is 0 Å². The maximum Gasteiger partial charge on any atom is 0.223 e. The summed E-state index contributed by atoms with van der Waals surface area (Å²) < 4.78 is 0. The maximum atomic E-state index is 12.5. The van der Waals surface area contributed by atoms with Crippen LogP contribution >= 0.6 is 0 Å². The average Bonchev–Trinajstić information content (AvgIpc) is 2.78. The Balaban J connectivity index is 3.80. The molecule has 0 aromatic carbocycles. The fraction of sp³-hybridized carbons (Fsp3) is 0.931. The molecule has 0 aromatic heterocycles. The molecule has 0 aliphatic rings. The van der Waals surface area contributed by atoms with Crippen molar-refractivity contribution >= 4 is 5.91 Å². The third-order valence-corrected chi connectivity index (χ3v) is 6.63. The number of amides is 1. The number of hydrogen-bond acceptors (Lipinski definition) is 1. The van der Waals surface area contributed by atoms with E-state index in [4.69, 9.17) is 0 Å². The van der Waals surface area contributed by atoms with Crippen molar-refractivity contribution in [1.82, 2.24) is 5.32 Å². The minimum atomic E-state index is 0.228. The zero-order valence-corrected chi connectivity index (χ0v) is 21.8. The molecular formula is C29H58NO. The summed E-state index contributed by atoms with van der Waals surface area (Å²) in [6, 6.07) is 0. The summed E-state index contributed by atoms with van der Waals surface area (Å²) in [7, 11) is 0. The molecular weight excluding hydrogens is 378 g/mol. The molecule has 2 heteroatoms. The number of unbranched alkanes of at least 4 members (excludes halogenated alkanes) is 18. The van der Waals surface area contributed by atoms with Crippen molar-refractivity contribution in [3.05, 3.63) is 6.54 Å². The van der Waals surface area contributed by atoms with Crippen LogP contribution in [0.3, 0.4) is 0 Å². The van der Waals surface area contributed by atoms with Gasteiger partial charge < -0.3 is 5.32 Å². The van der Waals surface area contributed by atoms with E-state index >= 15 is 0 Å². The molecule has 0 bridgehead atoms. The van der Waals surface area contributed by atoms with E-state index in [0.717, 1.165) is 19.3 Å². The molecule has 0 saturated carbocycles. The van der Waals surface area contributed by atoms with Crippen molar-refractivity contribution in [2.24, 2.45) is 5.92 Å². The van der Waals surface area contributed by atoms with Gasteiger partial charge in [-0.2, -0.15) is 0 Å². The van der Waals surface area contributed by atoms with E-state index in [-0.39, 0.29) is 11.8 Å². The fourth-order valence-electron chi connectivity index (χ4n) is 4.48. The quantitative estimate of drug-likeness (QED) is 0.142. The summed E-state index contributed by atoms with van der Waals surface area (Å²) in [6.45, 7) is 8.57. The molecule has 0 fully saturated rings. The first-order chi connectivity index (χ1) is 15.3. The van der Waals surface area contributed by atoms with Crippen LogP contribution in [-0.4, -0.2) is 5.91 Å². The molecule has 0 spiro atoms. The van der Waals surface area contributed by atoms with Crippen LogP contribution in [0.15, 0.2) is 0 Å². The Morgan fingerprint density at radius 2 is 0.871 bits per heavy atom. The van der Waals surface area contributed by atoms with Crippen molar-refractivity contribution < 1.29 is 4.79 Å². The van der Waals surface area contributed by atoms with Crippen molar-refractivity contribution in [3.8, 4) is 0 Å². The largest absolute Gasteiger partial charge is 0.351 e. The van der Waals surface area contributed by atoms with Crippen LogP contribution in [0, 0.1) is 12.5 Å². The molecule has 0 rings (SSSR count). The molecule has 1 amide bonds. The number of nitrogens with one attached hydrogen (secondary N) is 1. The zero-order valence-electron chi connectivity index (χ0n) is 21.8. The summed E-state index contributed by atoms with van der Waals surface area (Å²) in [6.07, 6.45) is 30.3. The van der Waals surface area contributed by atoms with Crippen molar-refractivity contribution in [3.63, 3.8) is 0 Å². The molecule has 0 heterocycles. The van der Waals surface area contributed by atoms with Gasteiger partial charge in [0, 0.05) is 12.5 Å². The standard InChI is InChI=1S/C29H58NO/c1-4-7-9-11-13-15-17-19-21-23-25-28(29(31)30-27-6-3)26-24-22-20-18-16-14-12-10-8-5-2/h27-28H,4-26H2,1-3H3,(H,30,31). The van der Waals surface area contributed by atoms with Gasteiger partial charge in [-0.05, 0) is 19.3 Å². The van der Waals surface area contributed by atoms with Gasteiger partial charge in [0.2, 0.25) is 5.91 Å². The third kappa shape index (κ3) is 22.5. The minimum Gasteiger partial charge on any atom is -0.351 e. The second-order valence-corrected chi connectivity index (χ2v) is 9.76. The highest BCUT2D eigenvalue weighted by molar-refractivity contribution is 5.79. The van der Waals surface area contributed by atoms with Crippen LogP contribution < -0.4 is 5.32 Å². The highest BCUT2D eigenvalue weighted by Crippen LogP contribution is 2.20. The van der Waals surface area contributed by atoms with Crippen LogP contribution in [0.4, 0.5) is 0 Å². The summed E-state index contributed by atoms with van der Waals surface area (Å²) in [5.41, 5.74) is 0. The van der Waals surface area contributed by atoms with Gasteiger partial charge in [0.1, 0.15) is 0 Å². The van der Waals surface area contributed by atoms with Crippen LogP contribution in [0.1, 0.15) is 168 Å². The maximum absolute atomic E-state index is 12.5. The van der Waals surface area contributed by atoms with Crippen molar-refractivity contribution in [1.29, 1.82) is 0 Å². The molecule has 0 unspecified atom stereocenters. The van der Waals surface area contributed by atoms with Gasteiger partial charge in [-0.15, -0.1) is 0 Å². The van der Waals surface area contributed by atoms with Crippen LogP contribution in [0.2, 0.25) is 0 Å². The van der Waals surface area contributed by atoms with Crippen molar-refractivity contribution in [2.45, 2.75) is 168 Å². The van der Waals surface area contributed by atoms with E-state index in [1.54, 1.807) is 0 Å². The van der Waals surface area contributed by atoms with E-state index in [9.17, 15) is 4.79 Å². The SMILES string of the molecule is CC[CH]NC(=O)C(CCCCCCCCCCCC)CCCCCCCCCCCC. The molecule has 31 heavy (non-hydrogen) atoms. The van der Waals surface area contributed by atoms with E-state index < -0.39 is 0 Å². The smallest absolute Gasteiger partial charge is 0.223 e. The Morgan fingerprint density at radius 3 is 1.19 bits per heavy atom. The predicted molar refractivity (Wildman–Crippen MR) is 139 cm³/mol. The predicted octanol–water partition coefficient (Wildman–Crippen LogP) is 9.91. The Labute approximate surface area is 197 Å². The summed E-state index contributed by atoms with van der Waals surface area (Å²) in [4.78, 5) is 12.5. The van der Waals surface area contributed by atoms with Gasteiger partial charge >= 0.3 is 0 Å². The number of rotatable bonds is 25. The lowest BCUT2D eigenvalue weighted by Gasteiger charge is -2.16. The molecule has 0 atom stereocenters. The Bertz CT molecular complexity index is 331. The molecule has 0 aromatic rings. The van der Waals surface area contributed by atoms with Crippen molar-refractivity contribution in [2.75, 3.05) is 0 Å². The van der Waals surface area contributed by atoms with E-state index in [2.05, 4.69) is 26.1 Å². The highest BCUT2D eigenvalue weighted by atomic mass is 16.1. The normalized spacial score (nSPS) is 11.4. The molecule has 185 valence electrons. The second-order valence-electron chi connectivity index (χ2n) is 9.76. The lowest BCUT2D eigenvalue weighted by atomic mass is 9.93. The molecule has 0 saturated heterocycles. The van der Waals surface area contributed by atoms with Gasteiger partial charge in [-0.25, -0.2) is 0 Å². The van der Waals surface area contributed by atoms with Crippen LogP contribution in [0.25, 0.3) is 0 Å². The number of carbonyl (C=O) groups is 1. The monoisotopic (exact) mass is 436 g/mol. The first-order valence-electron chi connectivity index (χ1n) is 14.4. The lowest BCUT2D eigenvalue weighted by Crippen LogP contribution is -2.28. The Kier molecular flexibility index (Phi) is 25.3. The van der Waals surface area contributed by atoms with E-state index in [1.165, 1.54) is 128 Å². The summed E-state index contributed by atoms with van der Waals surface area (Å²) in [5, 5.41) is 3.04. The summed E-state index contributed by atoms with van der Waals surface area (Å²) in [5.74, 6) is 0.500. The van der Waals surface area contributed by atoms with Gasteiger partial charge in [-0.3, -0.25) is 4.79 Å². The number of hydrogen-bond donors (Lipinski definition) is 1. The van der Waals surface area contributed by atoms with Gasteiger partial charge in [0.25, 0.3) is 0 Å². The average molecular weight is 437 g/mol. The topological polar surface area (TPSA) is 29.1 Å². The minimum absolute atomic E-state index is 0.228. The molecule has 1 radical (unpaired) electrons. The molecule has 1 N–H and O–H groups in total. The summed E-state index contributed by atoms with van der Waals surface area (Å²) >= 11 is 0. The van der Waals surface area contributed by atoms with Crippen LogP contribution in [0.5, 0.6) is 0 Å². The fourth-order valence-corrected chi connectivity index (χ4v) is 4.48. The highest BCUT2D eigenvalue weighted by Gasteiger charge is 2.17. The zero-order chi connectivity index (χ0) is 22.8. The molecule has 0 aliphatic heterocycles. The second kappa shape index (κ2) is 25.7. The lowest BCUT2D eigenvalue weighted by molar-refractivity contribution is -0.124. The first kappa shape index (κ1) is 30.5. The van der Waals surface area contributed by atoms with Gasteiger partial charge in [0.15, 0.2) is 0 Å². The molecule has 2 nitrogen and oxygen atoms in total. The van der Waals surface area contributed by atoms with Crippen LogP contribution in [-0.2, 0) is 4.79 Å². The van der Waals surface area contributed by atoms with Gasteiger partial charge in [-0.1, -0.05) is 149 Å². The first-order valence-corrected chi connectivity index (χ1v) is 14.4. The van der Waals surface area contributed by atoms with E-state index in [1.807, 2.05) is 6.54 Å². The Morgan fingerprint density at radius 1 is 0.548 bits per heavy atom. The number of carbonyl (C=O) groups excluding carboxylic acids is 1. The molecule has 0 aliphatic carbocycles. The Hall–Kier alpha value is -0.530. The van der Waals surface area contributed by atoms with E-state index in [0.29, 0.717) is 0 Å². The third-order valence-electron chi connectivity index (χ3n) is 6.63.